The number of methoxy groups -OCH3 is 1. The van der Waals surface area contributed by atoms with Gasteiger partial charge in [-0.05, 0) is 54.8 Å². The summed E-state index contributed by atoms with van der Waals surface area (Å²) < 4.78 is 18.5. The van der Waals surface area contributed by atoms with Gasteiger partial charge in [0.1, 0.15) is 0 Å². The van der Waals surface area contributed by atoms with E-state index in [-0.39, 0.29) is 17.7 Å². The second kappa shape index (κ2) is 8.22. The van der Waals surface area contributed by atoms with Crippen LogP contribution in [0.3, 0.4) is 0 Å². The van der Waals surface area contributed by atoms with Crippen LogP contribution in [0.15, 0.2) is 42.5 Å². The molecule has 2 amide bonds. The summed E-state index contributed by atoms with van der Waals surface area (Å²) in [4.78, 5) is 24.3. The van der Waals surface area contributed by atoms with Gasteiger partial charge in [0.25, 0.3) is 5.91 Å². The van der Waals surface area contributed by atoms with Crippen LogP contribution in [0.4, 0.5) is 10.1 Å². The summed E-state index contributed by atoms with van der Waals surface area (Å²) in [5.74, 6) is -1.05. The normalized spacial score (nSPS) is 13.4. The summed E-state index contributed by atoms with van der Waals surface area (Å²) in [7, 11) is 1.38. The van der Waals surface area contributed by atoms with Crippen LogP contribution < -0.4 is 15.4 Å². The molecule has 0 aromatic heterocycles. The molecule has 0 spiro atoms. The van der Waals surface area contributed by atoms with Gasteiger partial charge in [-0.2, -0.15) is 0 Å². The fourth-order valence-electron chi connectivity index (χ4n) is 2.41. The monoisotopic (exact) mass is 388 g/mol. The number of halogens is 2. The van der Waals surface area contributed by atoms with Gasteiger partial charge in [-0.3, -0.25) is 9.59 Å². The van der Waals surface area contributed by atoms with Gasteiger partial charge in [0.05, 0.1) is 17.7 Å². The summed E-state index contributed by atoms with van der Waals surface area (Å²) >= 11 is 6.08. The highest BCUT2D eigenvalue weighted by molar-refractivity contribution is 6.34. The summed E-state index contributed by atoms with van der Waals surface area (Å²) in [5, 5.41) is 5.83. The number of ether oxygens (including phenoxy) is 1. The number of hydrogen-bond acceptors (Lipinski definition) is 3. The van der Waals surface area contributed by atoms with Gasteiger partial charge in [0.15, 0.2) is 11.6 Å². The molecule has 7 heteroatoms. The minimum Gasteiger partial charge on any atom is -0.494 e. The second-order valence-corrected chi connectivity index (χ2v) is 6.57. The Kier molecular flexibility index (Phi) is 5.76. The van der Waals surface area contributed by atoms with Crippen LogP contribution in [0.2, 0.25) is 5.02 Å². The molecular weight excluding hydrogens is 371 g/mol. The first-order valence-corrected chi connectivity index (χ1v) is 8.77. The Balaban J connectivity index is 1.66. The Morgan fingerprint density at radius 1 is 1.22 bits per heavy atom. The zero-order valence-corrected chi connectivity index (χ0v) is 15.3. The maximum Gasteiger partial charge on any atom is 0.253 e. The highest BCUT2D eigenvalue weighted by atomic mass is 35.5. The van der Waals surface area contributed by atoms with Gasteiger partial charge in [0.2, 0.25) is 5.91 Å². The Hall–Kier alpha value is -2.86. The molecule has 0 bridgehead atoms. The van der Waals surface area contributed by atoms with E-state index in [4.69, 9.17) is 16.3 Å². The molecule has 0 radical (unpaired) electrons. The molecule has 27 heavy (non-hydrogen) atoms. The van der Waals surface area contributed by atoms with Gasteiger partial charge < -0.3 is 15.4 Å². The lowest BCUT2D eigenvalue weighted by Crippen LogP contribution is -2.25. The molecule has 140 valence electrons. The second-order valence-electron chi connectivity index (χ2n) is 6.16. The Labute approximate surface area is 161 Å². The van der Waals surface area contributed by atoms with Crippen molar-refractivity contribution < 1.29 is 18.7 Å². The van der Waals surface area contributed by atoms with E-state index in [1.807, 2.05) is 0 Å². The fourth-order valence-corrected chi connectivity index (χ4v) is 2.61. The molecule has 0 atom stereocenters. The van der Waals surface area contributed by atoms with E-state index < -0.39 is 11.7 Å². The van der Waals surface area contributed by atoms with Crippen LogP contribution in [0, 0.1) is 5.82 Å². The van der Waals surface area contributed by atoms with Crippen LogP contribution in [-0.4, -0.2) is 25.0 Å². The first-order valence-electron chi connectivity index (χ1n) is 8.39. The SMILES string of the molecule is COc1ccc(C=CC(=O)Nc2ccc(Cl)c(C(=O)NC3CC3)c2)cc1F. The van der Waals surface area contributed by atoms with Crippen molar-refractivity contribution in [3.05, 3.63) is 64.4 Å². The largest absolute Gasteiger partial charge is 0.494 e. The molecule has 0 saturated heterocycles. The molecule has 0 aliphatic heterocycles. The molecular formula is C20H18ClFN2O3. The summed E-state index contributed by atoms with van der Waals surface area (Å²) in [5.41, 5.74) is 1.27. The van der Waals surface area contributed by atoms with E-state index in [2.05, 4.69) is 10.6 Å². The predicted molar refractivity (Wildman–Crippen MR) is 103 cm³/mol. The number of carbonyl (C=O) groups is 2. The maximum atomic E-state index is 13.7. The van der Waals surface area contributed by atoms with Gasteiger partial charge >= 0.3 is 0 Å². The topological polar surface area (TPSA) is 67.4 Å². The molecule has 1 fully saturated rings. The molecule has 0 heterocycles. The molecule has 1 saturated carbocycles. The van der Waals surface area contributed by atoms with Gasteiger partial charge in [-0.15, -0.1) is 0 Å². The predicted octanol–water partition coefficient (Wildman–Crippen LogP) is 4.03. The van der Waals surface area contributed by atoms with Gasteiger partial charge in [-0.1, -0.05) is 17.7 Å². The van der Waals surface area contributed by atoms with Crippen molar-refractivity contribution in [2.24, 2.45) is 0 Å². The minimum atomic E-state index is -0.510. The molecule has 2 aromatic carbocycles. The standard InChI is InChI=1S/C20H18ClFN2O3/c1-27-18-8-2-12(10-17(18)22)3-9-19(25)23-14-6-7-16(21)15(11-14)20(26)24-13-4-5-13/h2-3,6-11,13H,4-5H2,1H3,(H,23,25)(H,24,26). The Morgan fingerprint density at radius 2 is 2.00 bits per heavy atom. The van der Waals surface area contributed by atoms with E-state index in [1.165, 1.54) is 37.5 Å². The third-order valence-electron chi connectivity index (χ3n) is 3.99. The van der Waals surface area contributed by atoms with Crippen molar-refractivity contribution >= 4 is 35.2 Å². The number of nitrogens with one attached hydrogen (secondary N) is 2. The molecule has 1 aliphatic carbocycles. The number of carbonyl (C=O) groups excluding carboxylic acids is 2. The number of amides is 2. The zero-order chi connectivity index (χ0) is 19.4. The maximum absolute atomic E-state index is 13.7. The van der Waals surface area contributed by atoms with Crippen molar-refractivity contribution in [1.82, 2.24) is 5.32 Å². The van der Waals surface area contributed by atoms with E-state index in [9.17, 15) is 14.0 Å². The van der Waals surface area contributed by atoms with Crippen LogP contribution in [0.25, 0.3) is 6.08 Å². The number of hydrogen-bond donors (Lipinski definition) is 2. The fraction of sp³-hybridized carbons (Fsp3) is 0.200. The molecule has 2 N–H and O–H groups in total. The average molecular weight is 389 g/mol. The lowest BCUT2D eigenvalue weighted by molar-refractivity contribution is -0.111. The van der Waals surface area contributed by atoms with Crippen LogP contribution in [0.1, 0.15) is 28.8 Å². The zero-order valence-electron chi connectivity index (χ0n) is 14.6. The first-order chi connectivity index (χ1) is 13.0. The molecule has 2 aromatic rings. The van der Waals surface area contributed by atoms with E-state index in [0.29, 0.717) is 21.8 Å². The van der Waals surface area contributed by atoms with Crippen molar-refractivity contribution in [2.45, 2.75) is 18.9 Å². The Bertz CT molecular complexity index is 910. The Morgan fingerprint density at radius 3 is 2.67 bits per heavy atom. The highest BCUT2D eigenvalue weighted by Gasteiger charge is 2.24. The smallest absolute Gasteiger partial charge is 0.253 e. The summed E-state index contributed by atoms with van der Waals surface area (Å²) in [6.45, 7) is 0. The van der Waals surface area contributed by atoms with Crippen molar-refractivity contribution in [1.29, 1.82) is 0 Å². The molecule has 1 aliphatic rings. The van der Waals surface area contributed by atoms with Crippen LogP contribution in [-0.2, 0) is 4.79 Å². The quantitative estimate of drug-likeness (QED) is 0.734. The van der Waals surface area contributed by atoms with E-state index in [0.717, 1.165) is 12.8 Å². The molecule has 3 rings (SSSR count). The average Bonchev–Trinajstić information content (AvgIpc) is 3.45. The molecule has 0 unspecified atom stereocenters. The van der Waals surface area contributed by atoms with Crippen LogP contribution in [0.5, 0.6) is 5.75 Å². The molecule has 5 nitrogen and oxygen atoms in total. The summed E-state index contributed by atoms with van der Waals surface area (Å²) in [6, 6.07) is 9.28. The first kappa shape index (κ1) is 18.9. The number of anilines is 1. The summed E-state index contributed by atoms with van der Waals surface area (Å²) in [6.07, 6.45) is 4.70. The number of benzene rings is 2. The van der Waals surface area contributed by atoms with Crippen molar-refractivity contribution in [3.8, 4) is 5.75 Å². The number of rotatable bonds is 6. The lowest BCUT2D eigenvalue weighted by atomic mass is 10.1. The van der Waals surface area contributed by atoms with Crippen molar-refractivity contribution in [3.63, 3.8) is 0 Å². The van der Waals surface area contributed by atoms with Gasteiger partial charge in [-0.25, -0.2) is 4.39 Å². The van der Waals surface area contributed by atoms with E-state index >= 15 is 0 Å². The van der Waals surface area contributed by atoms with Crippen LogP contribution >= 0.6 is 11.6 Å². The lowest BCUT2D eigenvalue weighted by Gasteiger charge is -2.08. The van der Waals surface area contributed by atoms with E-state index in [1.54, 1.807) is 18.2 Å². The minimum absolute atomic E-state index is 0.134. The third kappa shape index (κ3) is 5.08. The van der Waals surface area contributed by atoms with Crippen molar-refractivity contribution in [2.75, 3.05) is 12.4 Å². The third-order valence-corrected chi connectivity index (χ3v) is 4.32. The van der Waals surface area contributed by atoms with Gasteiger partial charge in [0, 0.05) is 17.8 Å². The highest BCUT2D eigenvalue weighted by Crippen LogP contribution is 2.24.